The van der Waals surface area contributed by atoms with Crippen LogP contribution in [0.1, 0.15) is 36.1 Å². The first kappa shape index (κ1) is 15.8. The first-order valence-electron chi connectivity index (χ1n) is 7.93. The Morgan fingerprint density at radius 2 is 2.35 bits per heavy atom. The highest BCUT2D eigenvalue weighted by molar-refractivity contribution is 5.79. The molecule has 124 valence electrons. The van der Waals surface area contributed by atoms with E-state index in [-0.39, 0.29) is 18.4 Å². The summed E-state index contributed by atoms with van der Waals surface area (Å²) in [7, 11) is 0. The number of aliphatic hydroxyl groups is 1. The van der Waals surface area contributed by atoms with Crippen LogP contribution in [0, 0.1) is 19.8 Å². The predicted octanol–water partition coefficient (Wildman–Crippen LogP) is 1.68. The third-order valence-corrected chi connectivity index (χ3v) is 4.57. The maximum absolute atomic E-state index is 12.4. The zero-order chi connectivity index (χ0) is 16.6. The Balaban J connectivity index is 1.62. The second-order valence-corrected chi connectivity index (χ2v) is 6.59. The summed E-state index contributed by atoms with van der Waals surface area (Å²) < 4.78 is 7.55. The standard InChI is InChI=1S/C17H23N3O3/c1-11-6-15(12(2)23-11)17(3,22)9-19-16(21)13-4-5-20-10-18-8-14(20)7-13/h6,8,10,13,22H,4-5,7,9H2,1-3H3,(H,19,21). The van der Waals surface area contributed by atoms with Gasteiger partial charge in [-0.15, -0.1) is 0 Å². The first-order valence-corrected chi connectivity index (χ1v) is 7.93. The summed E-state index contributed by atoms with van der Waals surface area (Å²) in [5.74, 6) is 1.35. The van der Waals surface area contributed by atoms with Crippen molar-refractivity contribution in [1.82, 2.24) is 14.9 Å². The number of amides is 1. The summed E-state index contributed by atoms with van der Waals surface area (Å²) in [5.41, 5.74) is 0.662. The van der Waals surface area contributed by atoms with E-state index in [9.17, 15) is 9.90 Å². The Kier molecular flexibility index (Phi) is 4.02. The van der Waals surface area contributed by atoms with Crippen LogP contribution in [0.5, 0.6) is 0 Å². The Morgan fingerprint density at radius 3 is 3.04 bits per heavy atom. The second-order valence-electron chi connectivity index (χ2n) is 6.59. The minimum atomic E-state index is -1.14. The lowest BCUT2D eigenvalue weighted by molar-refractivity contribution is -0.126. The van der Waals surface area contributed by atoms with Gasteiger partial charge in [0.2, 0.25) is 5.91 Å². The zero-order valence-electron chi connectivity index (χ0n) is 13.8. The van der Waals surface area contributed by atoms with Crippen LogP contribution in [0.15, 0.2) is 23.0 Å². The molecule has 0 aromatic carbocycles. The molecule has 2 N–H and O–H groups in total. The molecule has 0 radical (unpaired) electrons. The highest BCUT2D eigenvalue weighted by Gasteiger charge is 2.30. The summed E-state index contributed by atoms with van der Waals surface area (Å²) in [5, 5.41) is 13.6. The van der Waals surface area contributed by atoms with Crippen LogP contribution in [-0.4, -0.2) is 27.1 Å². The minimum Gasteiger partial charge on any atom is -0.466 e. The lowest BCUT2D eigenvalue weighted by atomic mass is 9.93. The van der Waals surface area contributed by atoms with E-state index in [1.807, 2.05) is 26.1 Å². The number of aromatic nitrogens is 2. The molecule has 6 nitrogen and oxygen atoms in total. The highest BCUT2D eigenvalue weighted by atomic mass is 16.3. The number of nitrogens with one attached hydrogen (secondary N) is 1. The molecule has 23 heavy (non-hydrogen) atoms. The van der Waals surface area contributed by atoms with Crippen LogP contribution in [0.4, 0.5) is 0 Å². The van der Waals surface area contributed by atoms with E-state index < -0.39 is 5.60 Å². The molecule has 0 saturated heterocycles. The largest absolute Gasteiger partial charge is 0.466 e. The molecule has 0 aliphatic carbocycles. The van der Waals surface area contributed by atoms with Gasteiger partial charge < -0.3 is 19.4 Å². The predicted molar refractivity (Wildman–Crippen MR) is 84.8 cm³/mol. The number of rotatable bonds is 4. The van der Waals surface area contributed by atoms with E-state index >= 15 is 0 Å². The topological polar surface area (TPSA) is 80.3 Å². The smallest absolute Gasteiger partial charge is 0.223 e. The van der Waals surface area contributed by atoms with Gasteiger partial charge in [-0.3, -0.25) is 4.79 Å². The van der Waals surface area contributed by atoms with Crippen molar-refractivity contribution in [2.75, 3.05) is 6.54 Å². The number of nitrogens with zero attached hydrogens (tertiary/aromatic N) is 2. The molecule has 6 heteroatoms. The van der Waals surface area contributed by atoms with Gasteiger partial charge in [-0.25, -0.2) is 4.98 Å². The van der Waals surface area contributed by atoms with E-state index in [1.165, 1.54) is 0 Å². The average Bonchev–Trinajstić information content (AvgIpc) is 3.10. The van der Waals surface area contributed by atoms with Crippen molar-refractivity contribution >= 4 is 5.91 Å². The SMILES string of the molecule is Cc1cc(C(C)(O)CNC(=O)C2CCn3cncc3C2)c(C)o1. The molecule has 3 rings (SSSR count). The third-order valence-electron chi connectivity index (χ3n) is 4.57. The van der Waals surface area contributed by atoms with Crippen LogP contribution >= 0.6 is 0 Å². The van der Waals surface area contributed by atoms with E-state index in [0.717, 1.165) is 30.0 Å². The quantitative estimate of drug-likeness (QED) is 0.899. The van der Waals surface area contributed by atoms with Gasteiger partial charge in [0.25, 0.3) is 0 Å². The molecule has 2 aromatic rings. The number of furan rings is 1. The molecule has 1 aliphatic heterocycles. The van der Waals surface area contributed by atoms with Crippen molar-refractivity contribution in [1.29, 1.82) is 0 Å². The Hall–Kier alpha value is -2.08. The third kappa shape index (κ3) is 3.17. The second kappa shape index (κ2) is 5.85. The van der Waals surface area contributed by atoms with Crippen molar-refractivity contribution in [3.8, 4) is 0 Å². The van der Waals surface area contributed by atoms with Crippen molar-refractivity contribution in [2.24, 2.45) is 5.92 Å². The maximum atomic E-state index is 12.4. The van der Waals surface area contributed by atoms with Crippen molar-refractivity contribution < 1.29 is 14.3 Å². The van der Waals surface area contributed by atoms with Gasteiger partial charge in [0, 0.05) is 36.3 Å². The molecular formula is C17H23N3O3. The van der Waals surface area contributed by atoms with Gasteiger partial charge in [0.1, 0.15) is 17.1 Å². The number of hydrogen-bond acceptors (Lipinski definition) is 4. The fraction of sp³-hybridized carbons (Fsp3) is 0.529. The van der Waals surface area contributed by atoms with Crippen LogP contribution in [-0.2, 0) is 23.4 Å². The van der Waals surface area contributed by atoms with Crippen molar-refractivity contribution in [3.05, 3.63) is 41.4 Å². The van der Waals surface area contributed by atoms with Gasteiger partial charge in [-0.05, 0) is 33.3 Å². The first-order chi connectivity index (χ1) is 10.9. The van der Waals surface area contributed by atoms with Gasteiger partial charge >= 0.3 is 0 Å². The molecule has 1 aliphatic rings. The van der Waals surface area contributed by atoms with E-state index in [1.54, 1.807) is 13.3 Å². The van der Waals surface area contributed by atoms with Crippen LogP contribution < -0.4 is 5.32 Å². The van der Waals surface area contributed by atoms with Crippen LogP contribution in [0.3, 0.4) is 0 Å². The molecule has 1 amide bonds. The summed E-state index contributed by atoms with van der Waals surface area (Å²) in [6.45, 7) is 6.34. The number of aryl methyl sites for hydroxylation is 3. The van der Waals surface area contributed by atoms with Gasteiger partial charge in [0.15, 0.2) is 0 Å². The average molecular weight is 317 g/mol. The van der Waals surface area contributed by atoms with Gasteiger partial charge in [0.05, 0.1) is 12.9 Å². The lowest BCUT2D eigenvalue weighted by Crippen LogP contribution is -2.42. The minimum absolute atomic E-state index is 0.0180. The molecular weight excluding hydrogens is 294 g/mol. The summed E-state index contributed by atoms with van der Waals surface area (Å²) in [6.07, 6.45) is 5.10. The van der Waals surface area contributed by atoms with E-state index in [2.05, 4.69) is 14.9 Å². The Morgan fingerprint density at radius 1 is 1.57 bits per heavy atom. The fourth-order valence-corrected chi connectivity index (χ4v) is 3.26. The molecule has 0 bridgehead atoms. The van der Waals surface area contributed by atoms with E-state index in [0.29, 0.717) is 12.2 Å². The zero-order valence-corrected chi connectivity index (χ0v) is 13.8. The Labute approximate surface area is 135 Å². The summed E-state index contributed by atoms with van der Waals surface area (Å²) in [6, 6.07) is 1.82. The number of hydrogen-bond donors (Lipinski definition) is 2. The molecule has 2 atom stereocenters. The molecule has 2 aromatic heterocycles. The molecule has 0 fully saturated rings. The van der Waals surface area contributed by atoms with Gasteiger partial charge in [-0.2, -0.15) is 0 Å². The number of imidazole rings is 1. The fourth-order valence-electron chi connectivity index (χ4n) is 3.26. The normalized spacial score (nSPS) is 19.9. The highest BCUT2D eigenvalue weighted by Crippen LogP contribution is 2.27. The van der Waals surface area contributed by atoms with Crippen LogP contribution in [0.25, 0.3) is 0 Å². The van der Waals surface area contributed by atoms with Crippen molar-refractivity contribution in [3.63, 3.8) is 0 Å². The monoisotopic (exact) mass is 317 g/mol. The molecule has 3 heterocycles. The maximum Gasteiger partial charge on any atom is 0.223 e. The number of fused-ring (bicyclic) bond motifs is 1. The van der Waals surface area contributed by atoms with Crippen molar-refractivity contribution in [2.45, 2.75) is 45.8 Å². The Bertz CT molecular complexity index is 714. The molecule has 0 saturated carbocycles. The van der Waals surface area contributed by atoms with E-state index in [4.69, 9.17) is 4.42 Å². The van der Waals surface area contributed by atoms with Gasteiger partial charge in [-0.1, -0.05) is 0 Å². The summed E-state index contributed by atoms with van der Waals surface area (Å²) in [4.78, 5) is 16.5. The van der Waals surface area contributed by atoms with Crippen LogP contribution in [0.2, 0.25) is 0 Å². The molecule has 2 unspecified atom stereocenters. The molecule has 0 spiro atoms. The summed E-state index contributed by atoms with van der Waals surface area (Å²) >= 11 is 0. The lowest BCUT2D eigenvalue weighted by Gasteiger charge is -2.27. The number of carbonyl (C=O) groups is 1. The number of carbonyl (C=O) groups excluding carboxylic acids is 1.